The Morgan fingerprint density at radius 1 is 1.23 bits per heavy atom. The zero-order valence-corrected chi connectivity index (χ0v) is 17.1. The smallest absolute Gasteiger partial charge is 0.383 e. The van der Waals surface area contributed by atoms with Gasteiger partial charge in [-0.25, -0.2) is 9.59 Å². The van der Waals surface area contributed by atoms with Gasteiger partial charge in [0, 0.05) is 31.2 Å². The molecule has 0 aromatic carbocycles. The monoisotopic (exact) mass is 430 g/mol. The van der Waals surface area contributed by atoms with E-state index >= 15 is 0 Å². The van der Waals surface area contributed by atoms with Crippen LogP contribution in [0.3, 0.4) is 0 Å². The molecule has 1 rings (SSSR count). The molecule has 1 aliphatic rings. The van der Waals surface area contributed by atoms with Crippen molar-refractivity contribution in [2.24, 2.45) is 5.92 Å². The van der Waals surface area contributed by atoms with Crippen molar-refractivity contribution in [3.05, 3.63) is 23.5 Å². The van der Waals surface area contributed by atoms with E-state index in [0.29, 0.717) is 18.5 Å². The third-order valence-electron chi connectivity index (χ3n) is 2.79. The molecule has 0 aromatic heterocycles. The van der Waals surface area contributed by atoms with Crippen LogP contribution < -0.4 is 11.5 Å². The zero-order valence-electron chi connectivity index (χ0n) is 17.1. The third kappa shape index (κ3) is 20.4. The van der Waals surface area contributed by atoms with E-state index in [4.69, 9.17) is 19.5 Å². The van der Waals surface area contributed by atoms with Crippen LogP contribution in [0.1, 0.15) is 20.3 Å². The average molecular weight is 430 g/mol. The lowest BCUT2D eigenvalue weighted by atomic mass is 9.88. The molecule has 0 spiro atoms. The molecule has 5 N–H and O–H groups in total. The topological polar surface area (TPSA) is 197 Å². The predicted molar refractivity (Wildman–Crippen MR) is 101 cm³/mol. The first-order valence-electron chi connectivity index (χ1n) is 7.66. The number of hydrogen-bond acceptors (Lipinski definition) is 11. The number of aliphatic carboxylic acids is 1. The van der Waals surface area contributed by atoms with Gasteiger partial charge in [-0.1, -0.05) is 0 Å². The summed E-state index contributed by atoms with van der Waals surface area (Å²) in [4.78, 5) is 56.5. The van der Waals surface area contributed by atoms with Crippen LogP contribution in [0, 0.1) is 18.3 Å². The largest absolute Gasteiger partial charge is 0.481 e. The Labute approximate surface area is 173 Å². The van der Waals surface area contributed by atoms with E-state index < -0.39 is 11.9 Å². The minimum absolute atomic E-state index is 0. The summed E-state index contributed by atoms with van der Waals surface area (Å²) in [7, 11) is 2.58. The van der Waals surface area contributed by atoms with E-state index in [1.54, 1.807) is 12.1 Å². The van der Waals surface area contributed by atoms with Crippen LogP contribution >= 0.6 is 0 Å². The van der Waals surface area contributed by atoms with Crippen molar-refractivity contribution >= 4 is 30.5 Å². The third-order valence-corrected chi connectivity index (χ3v) is 2.79. The molecule has 0 amide bonds. The number of nitrogens with one attached hydrogen (secondary N) is 1. The quantitative estimate of drug-likeness (QED) is 0.134. The maximum Gasteiger partial charge on any atom is 0.383 e. The molecule has 30 heavy (non-hydrogen) atoms. The average Bonchev–Trinajstić information content (AvgIpc) is 2.68. The summed E-state index contributed by atoms with van der Waals surface area (Å²) in [6.07, 6.45) is 8.81. The lowest BCUT2D eigenvalue weighted by Gasteiger charge is -2.22. The highest BCUT2D eigenvalue weighted by atomic mass is 16.5. The predicted octanol–water partition coefficient (Wildman–Crippen LogP) is 0.192. The van der Waals surface area contributed by atoms with Crippen molar-refractivity contribution < 1.29 is 48.1 Å². The number of dihydropyridines is 1. The number of carbonyl (C=O) groups is 4. The van der Waals surface area contributed by atoms with Gasteiger partial charge in [0.05, 0.1) is 26.4 Å². The molecule has 1 atom stereocenters. The molecular weight excluding hydrogens is 404 g/mol. The normalized spacial score (nSPS) is 12.4. The van der Waals surface area contributed by atoms with Gasteiger partial charge in [-0.2, -0.15) is 9.59 Å². The molecule has 0 saturated heterocycles. The fraction of sp³-hybridized carbons (Fsp3) is 0.389. The van der Waals surface area contributed by atoms with E-state index in [2.05, 4.69) is 26.0 Å². The summed E-state index contributed by atoms with van der Waals surface area (Å²) >= 11 is 0. The van der Waals surface area contributed by atoms with Crippen LogP contribution in [0.15, 0.2) is 23.5 Å². The van der Waals surface area contributed by atoms with Crippen LogP contribution in [-0.4, -0.2) is 56.5 Å². The van der Waals surface area contributed by atoms with Crippen molar-refractivity contribution in [3.63, 3.8) is 0 Å². The zero-order chi connectivity index (χ0) is 23.2. The summed E-state index contributed by atoms with van der Waals surface area (Å²) < 4.78 is 13.4. The number of carboxylic acid groups (broad SMARTS) is 1. The minimum Gasteiger partial charge on any atom is -0.481 e. The summed E-state index contributed by atoms with van der Waals surface area (Å²) in [5.74, 6) is -0.136. The molecule has 0 saturated carbocycles. The Hall–Kier alpha value is -3.94. The molecule has 1 heterocycles. The van der Waals surface area contributed by atoms with E-state index in [1.165, 1.54) is 14.2 Å². The fourth-order valence-electron chi connectivity index (χ4n) is 1.70. The molecule has 12 heteroatoms. The summed E-state index contributed by atoms with van der Waals surface area (Å²) in [5, 5.41) is 10.3. The Balaban J connectivity index is -0.000000200. The summed E-state index contributed by atoms with van der Waals surface area (Å²) in [6.45, 7) is 3.68. The number of esters is 2. The van der Waals surface area contributed by atoms with Gasteiger partial charge >= 0.3 is 18.1 Å². The Kier molecular flexibility index (Phi) is 25.9. The lowest BCUT2D eigenvalue weighted by molar-refractivity contribution is -0.191. The van der Waals surface area contributed by atoms with Crippen LogP contribution in [-0.2, 0) is 43.0 Å². The van der Waals surface area contributed by atoms with Crippen LogP contribution in [0.4, 0.5) is 0 Å². The highest BCUT2D eigenvalue weighted by molar-refractivity contribution is 5.89. The first kappa shape index (κ1) is 33.6. The second kappa shape index (κ2) is 23.1. The molecule has 1 unspecified atom stereocenters. The lowest BCUT2D eigenvalue weighted by Crippen LogP contribution is -2.23. The summed E-state index contributed by atoms with van der Waals surface area (Å²) in [6, 6.07) is 0. The second-order valence-corrected chi connectivity index (χ2v) is 4.69. The Morgan fingerprint density at radius 2 is 1.73 bits per heavy atom. The van der Waals surface area contributed by atoms with Gasteiger partial charge in [0.25, 0.3) is 12.4 Å². The van der Waals surface area contributed by atoms with Crippen LogP contribution in [0.2, 0.25) is 0 Å². The van der Waals surface area contributed by atoms with Gasteiger partial charge < -0.3 is 30.8 Å². The Morgan fingerprint density at radius 3 is 2.07 bits per heavy atom. The summed E-state index contributed by atoms with van der Waals surface area (Å²) in [5.41, 5.74) is 1.56. The van der Waals surface area contributed by atoms with Gasteiger partial charge in [0.1, 0.15) is 0 Å². The second-order valence-electron chi connectivity index (χ2n) is 4.69. The molecule has 0 aromatic rings. The van der Waals surface area contributed by atoms with Crippen molar-refractivity contribution in [2.75, 3.05) is 20.8 Å². The molecular formula is C18H26N2O10. The van der Waals surface area contributed by atoms with Crippen LogP contribution in [0.5, 0.6) is 0 Å². The van der Waals surface area contributed by atoms with Crippen molar-refractivity contribution in [1.82, 2.24) is 11.5 Å². The van der Waals surface area contributed by atoms with Gasteiger partial charge in [0.15, 0.2) is 0 Å². The maximum absolute atomic E-state index is 11.5. The number of hydrogen-bond donors (Lipinski definition) is 3. The van der Waals surface area contributed by atoms with E-state index in [0.717, 1.165) is 12.5 Å². The highest BCUT2D eigenvalue weighted by Crippen LogP contribution is 2.26. The molecule has 12 nitrogen and oxygen atoms in total. The number of rotatable bonds is 5. The van der Waals surface area contributed by atoms with E-state index in [-0.39, 0.29) is 30.8 Å². The molecule has 0 fully saturated rings. The minimum atomic E-state index is -0.833. The van der Waals surface area contributed by atoms with Gasteiger partial charge in [0.2, 0.25) is 0 Å². The standard InChI is InChI=1S/C11H15NO4.C4H4O2.C2H4O2.CO2.H3N/c1-8-5-12-6-10(11(14)15-2)9(8)3-4-16-7-13;1-3-4(5)6-2;1-2(3)4;2-1-3;/h5-7,9,12H,3-4H2,1-2H3;1H,2H3;1H3,(H,3,4);;1H3. The number of methoxy groups -OCH3 is 2. The number of ether oxygens (including phenoxy) is 3. The first-order chi connectivity index (χ1) is 13.7. The van der Waals surface area contributed by atoms with Crippen molar-refractivity contribution in [2.45, 2.75) is 20.3 Å². The molecule has 0 aliphatic carbocycles. The van der Waals surface area contributed by atoms with E-state index in [9.17, 15) is 14.4 Å². The number of carbonyl (C=O) groups excluding carboxylic acids is 5. The van der Waals surface area contributed by atoms with Gasteiger partial charge in [-0.15, -0.1) is 6.42 Å². The molecule has 1 aliphatic heterocycles. The first-order valence-corrected chi connectivity index (χ1v) is 7.66. The molecule has 168 valence electrons. The molecule has 0 radical (unpaired) electrons. The Bertz CT molecular complexity index is 667. The SMILES string of the molecule is C#CC(=O)OC.CC(=O)O.COC(=O)C1=CNC=C(C)C1CCOC=O.N.O=C=O. The highest BCUT2D eigenvalue weighted by Gasteiger charge is 2.25. The number of terminal acetylenes is 1. The van der Waals surface area contributed by atoms with E-state index in [1.807, 2.05) is 13.1 Å². The number of carboxylic acids is 1. The van der Waals surface area contributed by atoms with Crippen LogP contribution in [0.25, 0.3) is 0 Å². The van der Waals surface area contributed by atoms with Crippen molar-refractivity contribution in [3.8, 4) is 12.3 Å². The fourth-order valence-corrected chi connectivity index (χ4v) is 1.70. The maximum atomic E-state index is 11.5. The van der Waals surface area contributed by atoms with Gasteiger partial charge in [-0.05, 0) is 18.9 Å². The van der Waals surface area contributed by atoms with Crippen molar-refractivity contribution in [1.29, 1.82) is 0 Å². The number of allylic oxidation sites excluding steroid dienone is 1. The molecule has 0 bridgehead atoms. The van der Waals surface area contributed by atoms with Gasteiger partial charge in [-0.3, -0.25) is 9.59 Å².